The van der Waals surface area contributed by atoms with E-state index in [0.717, 1.165) is 5.75 Å². The summed E-state index contributed by atoms with van der Waals surface area (Å²) >= 11 is 7.52. The molecule has 0 saturated heterocycles. The van der Waals surface area contributed by atoms with E-state index in [2.05, 4.69) is 35.6 Å². The molecule has 1 atom stereocenters. The smallest absolute Gasteiger partial charge is 0.220 e. The van der Waals surface area contributed by atoms with Crippen molar-refractivity contribution in [2.75, 3.05) is 5.88 Å². The number of benzene rings is 2. The van der Waals surface area contributed by atoms with Crippen LogP contribution >= 0.6 is 23.4 Å². The fourth-order valence-electron chi connectivity index (χ4n) is 2.74. The van der Waals surface area contributed by atoms with Crippen LogP contribution in [0.3, 0.4) is 0 Å². The van der Waals surface area contributed by atoms with Crippen LogP contribution in [-0.4, -0.2) is 11.8 Å². The van der Waals surface area contributed by atoms with Crippen molar-refractivity contribution in [2.24, 2.45) is 0 Å². The molecule has 0 aromatic heterocycles. The maximum atomic E-state index is 12.2. The van der Waals surface area contributed by atoms with Gasteiger partial charge in [0, 0.05) is 22.9 Å². The molecule has 114 valence electrons. The topological polar surface area (TPSA) is 29.1 Å². The first-order chi connectivity index (χ1) is 10.8. The number of thioether (sulfide) groups is 1. The third-order valence-corrected chi connectivity index (χ3v) is 5.23. The molecule has 1 heterocycles. The van der Waals surface area contributed by atoms with Gasteiger partial charge in [0.05, 0.1) is 6.04 Å². The van der Waals surface area contributed by atoms with Gasteiger partial charge in [-0.05, 0) is 29.2 Å². The van der Waals surface area contributed by atoms with Crippen LogP contribution in [0.25, 0.3) is 0 Å². The van der Waals surface area contributed by atoms with Crippen LogP contribution in [-0.2, 0) is 10.5 Å². The molecule has 0 aliphatic carbocycles. The number of alkyl halides is 1. The minimum absolute atomic E-state index is 0.0576. The molecular formula is C18H18ClNOS. The zero-order chi connectivity index (χ0) is 15.4. The van der Waals surface area contributed by atoms with E-state index in [1.807, 2.05) is 30.0 Å². The standard InChI is InChI=1S/C18H18ClNOS/c19-11-5-10-17(21)20-18-14-7-2-1-6-13(14)12-22-16-9-4-3-8-15(16)18/h1-4,6-9,18H,5,10-12H2,(H,20,21). The molecule has 0 fully saturated rings. The molecule has 2 aromatic carbocycles. The molecule has 22 heavy (non-hydrogen) atoms. The Morgan fingerprint density at radius 2 is 1.86 bits per heavy atom. The molecule has 1 unspecified atom stereocenters. The molecule has 0 radical (unpaired) electrons. The summed E-state index contributed by atoms with van der Waals surface area (Å²) in [5.74, 6) is 1.50. The Kier molecular flexibility index (Phi) is 5.06. The third-order valence-electron chi connectivity index (χ3n) is 3.82. The second kappa shape index (κ2) is 7.21. The van der Waals surface area contributed by atoms with Crippen molar-refractivity contribution in [3.8, 4) is 0 Å². The molecule has 1 aliphatic rings. The van der Waals surface area contributed by atoms with Crippen molar-refractivity contribution in [1.29, 1.82) is 0 Å². The summed E-state index contributed by atoms with van der Waals surface area (Å²) in [7, 11) is 0. The molecule has 2 nitrogen and oxygen atoms in total. The first-order valence-corrected chi connectivity index (χ1v) is 8.96. The van der Waals surface area contributed by atoms with E-state index in [-0.39, 0.29) is 11.9 Å². The molecule has 4 heteroatoms. The molecule has 0 spiro atoms. The minimum atomic E-state index is -0.0785. The van der Waals surface area contributed by atoms with Gasteiger partial charge in [0.2, 0.25) is 5.91 Å². The number of halogens is 1. The van der Waals surface area contributed by atoms with Gasteiger partial charge in [-0.15, -0.1) is 23.4 Å². The van der Waals surface area contributed by atoms with Crippen molar-refractivity contribution in [3.05, 3.63) is 65.2 Å². The monoisotopic (exact) mass is 331 g/mol. The van der Waals surface area contributed by atoms with E-state index in [1.54, 1.807) is 0 Å². The largest absolute Gasteiger partial charge is 0.345 e. The fraction of sp³-hybridized carbons (Fsp3) is 0.278. The summed E-state index contributed by atoms with van der Waals surface area (Å²) in [6, 6.07) is 16.6. The summed E-state index contributed by atoms with van der Waals surface area (Å²) in [6.45, 7) is 0. The maximum Gasteiger partial charge on any atom is 0.220 e. The normalized spacial score (nSPS) is 16.3. The highest BCUT2D eigenvalue weighted by atomic mass is 35.5. The average Bonchev–Trinajstić information content (AvgIpc) is 2.71. The first-order valence-electron chi connectivity index (χ1n) is 7.44. The molecular weight excluding hydrogens is 314 g/mol. The highest BCUT2D eigenvalue weighted by Crippen LogP contribution is 2.39. The highest BCUT2D eigenvalue weighted by Gasteiger charge is 2.24. The molecule has 1 N–H and O–H groups in total. The van der Waals surface area contributed by atoms with Crippen LogP contribution in [0.2, 0.25) is 0 Å². The maximum absolute atomic E-state index is 12.2. The number of amides is 1. The van der Waals surface area contributed by atoms with E-state index in [0.29, 0.717) is 18.7 Å². The summed E-state index contributed by atoms with van der Waals surface area (Å²) in [6.07, 6.45) is 1.18. The molecule has 0 bridgehead atoms. The molecule has 2 aromatic rings. The van der Waals surface area contributed by atoms with E-state index < -0.39 is 0 Å². The van der Waals surface area contributed by atoms with Crippen molar-refractivity contribution in [3.63, 3.8) is 0 Å². The minimum Gasteiger partial charge on any atom is -0.345 e. The second-order valence-corrected chi connectivity index (χ2v) is 6.71. The Bertz CT molecular complexity index is 626. The molecule has 3 rings (SSSR count). The fourth-order valence-corrected chi connectivity index (χ4v) is 3.97. The van der Waals surface area contributed by atoms with E-state index in [9.17, 15) is 4.79 Å². The number of hydrogen-bond donors (Lipinski definition) is 1. The lowest BCUT2D eigenvalue weighted by Gasteiger charge is -2.21. The number of hydrogen-bond acceptors (Lipinski definition) is 2. The van der Waals surface area contributed by atoms with Crippen LogP contribution in [0, 0.1) is 0 Å². The zero-order valence-corrected chi connectivity index (χ0v) is 13.8. The predicted molar refractivity (Wildman–Crippen MR) is 92.4 cm³/mol. The van der Waals surface area contributed by atoms with Crippen molar-refractivity contribution >= 4 is 29.3 Å². The summed E-state index contributed by atoms with van der Waals surface area (Å²) in [5, 5.41) is 3.20. The molecule has 1 aliphatic heterocycles. The highest BCUT2D eigenvalue weighted by molar-refractivity contribution is 7.98. The molecule has 0 saturated carbocycles. The van der Waals surface area contributed by atoms with Gasteiger partial charge in [0.15, 0.2) is 0 Å². The zero-order valence-electron chi connectivity index (χ0n) is 12.2. The van der Waals surface area contributed by atoms with E-state index in [1.165, 1.54) is 21.6 Å². The van der Waals surface area contributed by atoms with Crippen LogP contribution in [0.1, 0.15) is 35.6 Å². The van der Waals surface area contributed by atoms with Crippen LogP contribution in [0.4, 0.5) is 0 Å². The van der Waals surface area contributed by atoms with Gasteiger partial charge >= 0.3 is 0 Å². The van der Waals surface area contributed by atoms with Gasteiger partial charge in [-0.25, -0.2) is 0 Å². The lowest BCUT2D eigenvalue weighted by Crippen LogP contribution is -2.29. The van der Waals surface area contributed by atoms with Crippen LogP contribution in [0.5, 0.6) is 0 Å². The predicted octanol–water partition coefficient (Wildman–Crippen LogP) is 4.52. The Morgan fingerprint density at radius 3 is 2.68 bits per heavy atom. The Balaban J connectivity index is 1.97. The van der Waals surface area contributed by atoms with Crippen LogP contribution in [0.15, 0.2) is 53.4 Å². The Morgan fingerprint density at radius 1 is 1.14 bits per heavy atom. The van der Waals surface area contributed by atoms with Gasteiger partial charge < -0.3 is 5.32 Å². The number of fused-ring (bicyclic) bond motifs is 2. The quantitative estimate of drug-likeness (QED) is 0.835. The van der Waals surface area contributed by atoms with Gasteiger partial charge in [-0.1, -0.05) is 42.5 Å². The van der Waals surface area contributed by atoms with Gasteiger partial charge in [-0.2, -0.15) is 0 Å². The Hall–Kier alpha value is -1.45. The summed E-state index contributed by atoms with van der Waals surface area (Å²) < 4.78 is 0. The SMILES string of the molecule is O=C(CCCCl)NC1c2ccccc2CSc2ccccc21. The van der Waals surface area contributed by atoms with Crippen molar-refractivity contribution < 1.29 is 4.79 Å². The summed E-state index contributed by atoms with van der Waals surface area (Å²) in [4.78, 5) is 13.5. The van der Waals surface area contributed by atoms with Crippen molar-refractivity contribution in [2.45, 2.75) is 29.5 Å². The lowest BCUT2D eigenvalue weighted by molar-refractivity contribution is -0.121. The second-order valence-electron chi connectivity index (χ2n) is 5.32. The van der Waals surface area contributed by atoms with Crippen LogP contribution < -0.4 is 5.32 Å². The number of carbonyl (C=O) groups excluding carboxylic acids is 1. The third kappa shape index (κ3) is 3.31. The van der Waals surface area contributed by atoms with Gasteiger partial charge in [-0.3, -0.25) is 4.79 Å². The van der Waals surface area contributed by atoms with E-state index in [4.69, 9.17) is 11.6 Å². The summed E-state index contributed by atoms with van der Waals surface area (Å²) in [5.41, 5.74) is 3.65. The van der Waals surface area contributed by atoms with E-state index >= 15 is 0 Å². The number of rotatable bonds is 4. The average molecular weight is 332 g/mol. The number of nitrogens with one attached hydrogen (secondary N) is 1. The molecule has 1 amide bonds. The van der Waals surface area contributed by atoms with Gasteiger partial charge in [0.1, 0.15) is 0 Å². The Labute approximate surface area is 140 Å². The van der Waals surface area contributed by atoms with Crippen molar-refractivity contribution in [1.82, 2.24) is 5.32 Å². The lowest BCUT2D eigenvalue weighted by atomic mass is 9.95. The first kappa shape index (κ1) is 15.4. The number of carbonyl (C=O) groups is 1. The van der Waals surface area contributed by atoms with Gasteiger partial charge in [0.25, 0.3) is 0 Å².